The number of hydrogen-bond acceptors (Lipinski definition) is 3. The van der Waals surface area contributed by atoms with Crippen LogP contribution in [0.25, 0.3) is 0 Å². The van der Waals surface area contributed by atoms with E-state index in [0.29, 0.717) is 12.6 Å². The number of hydrogen-bond donors (Lipinski definition) is 3. The molecule has 0 saturated heterocycles. The van der Waals surface area contributed by atoms with E-state index >= 15 is 0 Å². The maximum atomic E-state index is 10.2. The Balaban J connectivity index is 0.00000264. The minimum atomic E-state index is -0.593. The van der Waals surface area contributed by atoms with E-state index in [1.807, 2.05) is 12.1 Å². The summed E-state index contributed by atoms with van der Waals surface area (Å²) < 4.78 is 0. The number of halogens is 1. The summed E-state index contributed by atoms with van der Waals surface area (Å²) in [6.45, 7) is 5.54. The first-order chi connectivity index (χ1) is 10.7. The highest BCUT2D eigenvalue weighted by Gasteiger charge is 2.19. The minimum absolute atomic E-state index is 0. The van der Waals surface area contributed by atoms with Crippen LogP contribution >= 0.6 is 24.0 Å². The van der Waals surface area contributed by atoms with Crippen molar-refractivity contribution in [3.63, 3.8) is 0 Å². The number of aliphatic imine (C=N–C) groups is 1. The van der Waals surface area contributed by atoms with Crippen LogP contribution in [-0.2, 0) is 0 Å². The molecule has 0 aromatic carbocycles. The van der Waals surface area contributed by atoms with Gasteiger partial charge in [-0.05, 0) is 56.2 Å². The van der Waals surface area contributed by atoms with Gasteiger partial charge in [-0.2, -0.15) is 0 Å². The molecule has 130 valence electrons. The molecule has 0 radical (unpaired) electrons. The second-order valence-electron chi connectivity index (χ2n) is 6.12. The van der Waals surface area contributed by atoms with E-state index in [9.17, 15) is 5.11 Å². The number of aliphatic hydroxyl groups is 1. The fraction of sp³-hybridized carbons (Fsp3) is 0.647. The Morgan fingerprint density at radius 3 is 2.57 bits per heavy atom. The topological polar surface area (TPSA) is 69.5 Å². The predicted molar refractivity (Wildman–Crippen MR) is 105 cm³/mol. The Bertz CT molecular complexity index is 461. The first-order valence-electron chi connectivity index (χ1n) is 8.32. The van der Waals surface area contributed by atoms with Crippen molar-refractivity contribution in [3.05, 3.63) is 30.1 Å². The molecule has 1 atom stereocenters. The van der Waals surface area contributed by atoms with Gasteiger partial charge in [-0.1, -0.05) is 6.92 Å². The van der Waals surface area contributed by atoms with E-state index in [4.69, 9.17) is 0 Å². The van der Waals surface area contributed by atoms with Crippen LogP contribution in [0.3, 0.4) is 0 Å². The second kappa shape index (κ2) is 10.8. The van der Waals surface area contributed by atoms with Gasteiger partial charge in [0.25, 0.3) is 0 Å². The average molecular weight is 432 g/mol. The standard InChI is InChI=1S/C17H28N4O.HI/c1-3-19-17(21-15-6-4-13(2)5-7-15)20-12-16(22)14-8-10-18-11-9-14;/h8-11,13,15-16,22H,3-7,12H2,1-2H3,(H2,19,20,21);1H. The quantitative estimate of drug-likeness (QED) is 0.380. The summed E-state index contributed by atoms with van der Waals surface area (Å²) in [6.07, 6.45) is 7.72. The smallest absolute Gasteiger partial charge is 0.191 e. The van der Waals surface area contributed by atoms with Crippen molar-refractivity contribution in [2.24, 2.45) is 10.9 Å². The fourth-order valence-corrected chi connectivity index (χ4v) is 2.79. The van der Waals surface area contributed by atoms with E-state index in [1.54, 1.807) is 12.4 Å². The van der Waals surface area contributed by atoms with Crippen molar-refractivity contribution in [1.29, 1.82) is 0 Å². The third kappa shape index (κ3) is 7.03. The molecule has 5 nitrogen and oxygen atoms in total. The molecule has 1 aliphatic rings. The zero-order chi connectivity index (χ0) is 15.8. The number of rotatable bonds is 5. The number of aliphatic hydroxyl groups excluding tert-OH is 1. The van der Waals surface area contributed by atoms with Crippen LogP contribution in [0.2, 0.25) is 0 Å². The number of guanidine groups is 1. The van der Waals surface area contributed by atoms with Gasteiger partial charge in [-0.15, -0.1) is 24.0 Å². The molecule has 1 aliphatic carbocycles. The Labute approximate surface area is 156 Å². The van der Waals surface area contributed by atoms with Crippen LogP contribution < -0.4 is 10.6 Å². The van der Waals surface area contributed by atoms with Crippen molar-refractivity contribution >= 4 is 29.9 Å². The van der Waals surface area contributed by atoms with Crippen LogP contribution in [0.4, 0.5) is 0 Å². The highest BCUT2D eigenvalue weighted by molar-refractivity contribution is 14.0. The van der Waals surface area contributed by atoms with E-state index in [2.05, 4.69) is 34.5 Å². The number of nitrogens with zero attached hydrogens (tertiary/aromatic N) is 2. The maximum absolute atomic E-state index is 10.2. The van der Waals surface area contributed by atoms with Crippen molar-refractivity contribution < 1.29 is 5.11 Å². The van der Waals surface area contributed by atoms with E-state index in [0.717, 1.165) is 24.0 Å². The van der Waals surface area contributed by atoms with E-state index < -0.39 is 6.10 Å². The molecule has 1 aromatic rings. The summed E-state index contributed by atoms with van der Waals surface area (Å²) in [7, 11) is 0. The summed E-state index contributed by atoms with van der Waals surface area (Å²) in [5.41, 5.74) is 0.848. The first-order valence-corrected chi connectivity index (χ1v) is 8.32. The highest BCUT2D eigenvalue weighted by Crippen LogP contribution is 2.23. The van der Waals surface area contributed by atoms with Crippen molar-refractivity contribution in [2.75, 3.05) is 13.1 Å². The average Bonchev–Trinajstić information content (AvgIpc) is 2.55. The Morgan fingerprint density at radius 1 is 1.30 bits per heavy atom. The molecule has 1 unspecified atom stereocenters. The van der Waals surface area contributed by atoms with Crippen molar-refractivity contribution in [2.45, 2.75) is 51.7 Å². The van der Waals surface area contributed by atoms with Gasteiger partial charge in [0.15, 0.2) is 5.96 Å². The van der Waals surface area contributed by atoms with E-state index in [1.165, 1.54) is 25.7 Å². The molecule has 0 amide bonds. The molecule has 23 heavy (non-hydrogen) atoms. The predicted octanol–water partition coefficient (Wildman–Crippen LogP) is 2.87. The zero-order valence-corrected chi connectivity index (χ0v) is 16.4. The summed E-state index contributed by atoms with van der Waals surface area (Å²) in [5, 5.41) is 17.0. The molecule has 0 spiro atoms. The van der Waals surface area contributed by atoms with Crippen LogP contribution in [-0.4, -0.2) is 35.2 Å². The number of pyridine rings is 1. The van der Waals surface area contributed by atoms with Gasteiger partial charge in [-0.25, -0.2) is 0 Å². The molecular weight excluding hydrogens is 403 g/mol. The lowest BCUT2D eigenvalue weighted by atomic mass is 9.87. The lowest BCUT2D eigenvalue weighted by Gasteiger charge is -2.28. The molecule has 1 fully saturated rings. The van der Waals surface area contributed by atoms with Gasteiger partial charge in [0.05, 0.1) is 12.6 Å². The molecule has 1 aromatic heterocycles. The summed E-state index contributed by atoms with van der Waals surface area (Å²) in [5.74, 6) is 1.64. The summed E-state index contributed by atoms with van der Waals surface area (Å²) in [4.78, 5) is 8.49. The third-order valence-corrected chi connectivity index (χ3v) is 4.21. The van der Waals surface area contributed by atoms with Crippen LogP contribution in [0.1, 0.15) is 51.2 Å². The minimum Gasteiger partial charge on any atom is -0.386 e. The van der Waals surface area contributed by atoms with Gasteiger partial charge >= 0.3 is 0 Å². The maximum Gasteiger partial charge on any atom is 0.191 e. The van der Waals surface area contributed by atoms with Gasteiger partial charge in [-0.3, -0.25) is 9.98 Å². The molecule has 6 heteroatoms. The normalized spacial score (nSPS) is 22.8. The lowest BCUT2D eigenvalue weighted by Crippen LogP contribution is -2.45. The van der Waals surface area contributed by atoms with Gasteiger partial charge in [0, 0.05) is 25.0 Å². The van der Waals surface area contributed by atoms with Gasteiger partial charge < -0.3 is 15.7 Å². The number of aromatic nitrogens is 1. The van der Waals surface area contributed by atoms with E-state index in [-0.39, 0.29) is 24.0 Å². The fourth-order valence-electron chi connectivity index (χ4n) is 2.79. The Kier molecular flexibility index (Phi) is 9.47. The third-order valence-electron chi connectivity index (χ3n) is 4.21. The summed E-state index contributed by atoms with van der Waals surface area (Å²) in [6, 6.07) is 4.14. The molecule has 0 aliphatic heterocycles. The number of nitrogens with one attached hydrogen (secondary N) is 2. The molecular formula is C17H29IN4O. The van der Waals surface area contributed by atoms with Crippen LogP contribution in [0, 0.1) is 5.92 Å². The molecule has 3 N–H and O–H groups in total. The first kappa shape index (κ1) is 20.2. The van der Waals surface area contributed by atoms with Crippen molar-refractivity contribution in [3.8, 4) is 0 Å². The highest BCUT2D eigenvalue weighted by atomic mass is 127. The van der Waals surface area contributed by atoms with Crippen LogP contribution in [0.15, 0.2) is 29.5 Å². The van der Waals surface area contributed by atoms with Crippen LogP contribution in [0.5, 0.6) is 0 Å². The largest absolute Gasteiger partial charge is 0.386 e. The second-order valence-corrected chi connectivity index (χ2v) is 6.12. The van der Waals surface area contributed by atoms with Gasteiger partial charge in [0.2, 0.25) is 0 Å². The SMILES string of the molecule is CCNC(=NCC(O)c1ccncc1)NC1CCC(C)CC1.I. The summed E-state index contributed by atoms with van der Waals surface area (Å²) >= 11 is 0. The molecule has 1 heterocycles. The monoisotopic (exact) mass is 432 g/mol. The Hall–Kier alpha value is -0.890. The van der Waals surface area contributed by atoms with Crippen molar-refractivity contribution in [1.82, 2.24) is 15.6 Å². The zero-order valence-electron chi connectivity index (χ0n) is 14.0. The van der Waals surface area contributed by atoms with Gasteiger partial charge in [0.1, 0.15) is 0 Å². The molecule has 2 rings (SSSR count). The molecule has 0 bridgehead atoms. The lowest BCUT2D eigenvalue weighted by molar-refractivity contribution is 0.187. The Morgan fingerprint density at radius 2 is 1.96 bits per heavy atom. The molecule has 1 saturated carbocycles.